The van der Waals surface area contributed by atoms with E-state index in [1.807, 2.05) is 0 Å². The monoisotopic (exact) mass is 312 g/mol. The van der Waals surface area contributed by atoms with Crippen LogP contribution in [0.5, 0.6) is 0 Å². The van der Waals surface area contributed by atoms with Gasteiger partial charge in [-0.1, -0.05) is 37.1 Å². The van der Waals surface area contributed by atoms with Crippen molar-refractivity contribution in [3.8, 4) is 0 Å². The normalized spacial score (nSPS) is 18.5. The zero-order chi connectivity index (χ0) is 16.2. The third kappa shape index (κ3) is 3.37. The van der Waals surface area contributed by atoms with Crippen molar-refractivity contribution >= 4 is 11.8 Å². The van der Waals surface area contributed by atoms with Gasteiger partial charge in [0, 0.05) is 19.6 Å². The number of piperidine rings is 1. The van der Waals surface area contributed by atoms with Crippen molar-refractivity contribution in [3.05, 3.63) is 47.0 Å². The van der Waals surface area contributed by atoms with Gasteiger partial charge in [-0.2, -0.15) is 0 Å². The Balaban J connectivity index is 1.57. The van der Waals surface area contributed by atoms with Crippen molar-refractivity contribution in [2.75, 3.05) is 26.2 Å². The molecule has 0 unspecified atom stereocenters. The van der Waals surface area contributed by atoms with Crippen LogP contribution in [0.4, 0.5) is 0 Å². The van der Waals surface area contributed by atoms with Gasteiger partial charge in [0.1, 0.15) is 0 Å². The van der Waals surface area contributed by atoms with Crippen LogP contribution < -0.4 is 0 Å². The molecule has 0 spiro atoms. The lowest BCUT2D eigenvalue weighted by Gasteiger charge is -2.28. The second-order valence-electron chi connectivity index (χ2n) is 6.32. The molecule has 3 rings (SSSR count). The molecule has 0 saturated carbocycles. The van der Waals surface area contributed by atoms with E-state index in [-0.39, 0.29) is 11.8 Å². The summed E-state index contributed by atoms with van der Waals surface area (Å²) < 4.78 is 0. The Labute approximate surface area is 137 Å². The summed E-state index contributed by atoms with van der Waals surface area (Å²) in [6.45, 7) is 5.98. The lowest BCUT2D eigenvalue weighted by Crippen LogP contribution is -2.33. The van der Waals surface area contributed by atoms with E-state index in [1.165, 1.54) is 29.9 Å². The second-order valence-corrected chi connectivity index (χ2v) is 6.32. The predicted octanol–water partition coefficient (Wildman–Crippen LogP) is 3.10. The molecule has 1 saturated heterocycles. The Kier molecular flexibility index (Phi) is 4.91. The number of likely N-dealkylation sites (tertiary alicyclic amines) is 1. The number of fused-ring (bicyclic) bond motifs is 1. The summed E-state index contributed by atoms with van der Waals surface area (Å²) in [6, 6.07) is 7.07. The third-order valence-corrected chi connectivity index (χ3v) is 4.77. The minimum Gasteiger partial charge on any atom is -0.303 e. The molecule has 0 bridgehead atoms. The third-order valence-electron chi connectivity index (χ3n) is 4.77. The van der Waals surface area contributed by atoms with Gasteiger partial charge in [-0.3, -0.25) is 14.5 Å². The molecule has 0 aliphatic carbocycles. The van der Waals surface area contributed by atoms with Gasteiger partial charge in [-0.25, -0.2) is 0 Å². The van der Waals surface area contributed by atoms with E-state index in [9.17, 15) is 9.59 Å². The van der Waals surface area contributed by atoms with E-state index in [0.717, 1.165) is 25.9 Å². The summed E-state index contributed by atoms with van der Waals surface area (Å²) in [5.41, 5.74) is 2.44. The van der Waals surface area contributed by atoms with Crippen molar-refractivity contribution in [3.63, 3.8) is 0 Å². The number of unbranched alkanes of at least 4 members (excludes halogenated alkanes) is 1. The highest BCUT2D eigenvalue weighted by molar-refractivity contribution is 6.21. The first-order valence-corrected chi connectivity index (χ1v) is 8.56. The average molecular weight is 312 g/mol. The van der Waals surface area contributed by atoms with Crippen molar-refractivity contribution in [2.24, 2.45) is 0 Å². The minimum atomic E-state index is -0.164. The van der Waals surface area contributed by atoms with E-state index in [1.54, 1.807) is 24.3 Å². The van der Waals surface area contributed by atoms with E-state index in [0.29, 0.717) is 17.7 Å². The molecule has 1 aromatic carbocycles. The fourth-order valence-corrected chi connectivity index (χ4v) is 3.28. The molecular formula is C19H24N2O2. The van der Waals surface area contributed by atoms with Crippen molar-refractivity contribution in [1.29, 1.82) is 0 Å². The highest BCUT2D eigenvalue weighted by Gasteiger charge is 2.34. The molecule has 2 aliphatic rings. The Hall–Kier alpha value is -1.94. The molecule has 23 heavy (non-hydrogen) atoms. The lowest BCUT2D eigenvalue weighted by molar-refractivity contribution is 0.0671. The number of hydrogen-bond acceptors (Lipinski definition) is 3. The van der Waals surface area contributed by atoms with Gasteiger partial charge >= 0.3 is 0 Å². The van der Waals surface area contributed by atoms with Gasteiger partial charge in [-0.15, -0.1) is 0 Å². The molecule has 0 radical (unpaired) electrons. The average Bonchev–Trinajstić information content (AvgIpc) is 2.84. The lowest BCUT2D eigenvalue weighted by atomic mass is 10.0. The predicted molar refractivity (Wildman–Crippen MR) is 90.5 cm³/mol. The number of carbonyl (C=O) groups is 2. The number of benzene rings is 1. The molecule has 4 heteroatoms. The molecule has 1 fully saturated rings. The van der Waals surface area contributed by atoms with Crippen LogP contribution in [0, 0.1) is 0 Å². The van der Waals surface area contributed by atoms with Crippen LogP contribution in [0.15, 0.2) is 35.9 Å². The van der Waals surface area contributed by atoms with Gasteiger partial charge < -0.3 is 4.90 Å². The zero-order valence-corrected chi connectivity index (χ0v) is 13.8. The summed E-state index contributed by atoms with van der Waals surface area (Å²) in [7, 11) is 0. The molecule has 2 aliphatic heterocycles. The smallest absolute Gasteiger partial charge is 0.261 e. The molecule has 0 aromatic heterocycles. The zero-order valence-electron chi connectivity index (χ0n) is 13.8. The molecule has 2 amide bonds. The number of imide groups is 1. The number of rotatable bonds is 5. The van der Waals surface area contributed by atoms with Crippen molar-refractivity contribution in [1.82, 2.24) is 9.80 Å². The molecule has 1 aromatic rings. The maximum atomic E-state index is 12.3. The summed E-state index contributed by atoms with van der Waals surface area (Å²) >= 11 is 0. The van der Waals surface area contributed by atoms with Crippen molar-refractivity contribution < 1.29 is 9.59 Å². The Morgan fingerprint density at radius 2 is 1.65 bits per heavy atom. The highest BCUT2D eigenvalue weighted by Crippen LogP contribution is 2.23. The van der Waals surface area contributed by atoms with E-state index in [4.69, 9.17) is 0 Å². The van der Waals surface area contributed by atoms with Crippen LogP contribution in [0.2, 0.25) is 0 Å². The van der Waals surface area contributed by atoms with Gasteiger partial charge in [0.2, 0.25) is 0 Å². The van der Waals surface area contributed by atoms with Gasteiger partial charge in [0.05, 0.1) is 11.1 Å². The topological polar surface area (TPSA) is 40.6 Å². The fraction of sp³-hybridized carbons (Fsp3) is 0.474. The largest absolute Gasteiger partial charge is 0.303 e. The molecular weight excluding hydrogens is 288 g/mol. The standard InChI is InChI=1S/C19H24N2O2/c1-2-3-11-20-12-8-15(9-13-20)10-14-21-18(22)16-6-4-5-7-17(16)19(21)23/h4-7,10H,2-3,8-9,11-14H2,1H3. The number of carbonyl (C=O) groups excluding carboxylic acids is 2. The summed E-state index contributed by atoms with van der Waals surface area (Å²) in [5.74, 6) is -0.328. The molecule has 122 valence electrons. The van der Waals surface area contributed by atoms with Crippen LogP contribution in [0.3, 0.4) is 0 Å². The van der Waals surface area contributed by atoms with Crippen LogP contribution in [0.25, 0.3) is 0 Å². The van der Waals surface area contributed by atoms with Crippen LogP contribution in [-0.4, -0.2) is 47.8 Å². The van der Waals surface area contributed by atoms with Gasteiger partial charge in [-0.05, 0) is 37.9 Å². The van der Waals surface area contributed by atoms with E-state index < -0.39 is 0 Å². The number of amides is 2. The number of nitrogens with zero attached hydrogens (tertiary/aromatic N) is 2. The molecule has 4 nitrogen and oxygen atoms in total. The summed E-state index contributed by atoms with van der Waals surface area (Å²) in [5, 5.41) is 0. The Morgan fingerprint density at radius 1 is 1.04 bits per heavy atom. The minimum absolute atomic E-state index is 0.164. The van der Waals surface area contributed by atoms with Crippen LogP contribution in [-0.2, 0) is 0 Å². The quantitative estimate of drug-likeness (QED) is 0.619. The number of hydrogen-bond donors (Lipinski definition) is 0. The molecule has 0 N–H and O–H groups in total. The SMILES string of the molecule is CCCCN1CCC(=CCN2C(=O)c3ccccc3C2=O)CC1. The molecule has 2 heterocycles. The van der Waals surface area contributed by atoms with E-state index in [2.05, 4.69) is 17.9 Å². The second kappa shape index (κ2) is 7.09. The summed E-state index contributed by atoms with van der Waals surface area (Å²) in [6.07, 6.45) is 6.67. The highest BCUT2D eigenvalue weighted by atomic mass is 16.2. The fourth-order valence-electron chi connectivity index (χ4n) is 3.28. The Morgan fingerprint density at radius 3 is 2.22 bits per heavy atom. The van der Waals surface area contributed by atoms with Gasteiger partial charge in [0.15, 0.2) is 0 Å². The van der Waals surface area contributed by atoms with E-state index >= 15 is 0 Å². The molecule has 0 atom stereocenters. The first-order chi connectivity index (χ1) is 11.2. The first kappa shape index (κ1) is 15.9. The maximum Gasteiger partial charge on any atom is 0.261 e. The van der Waals surface area contributed by atoms with Crippen LogP contribution >= 0.6 is 0 Å². The first-order valence-electron chi connectivity index (χ1n) is 8.56. The summed E-state index contributed by atoms with van der Waals surface area (Å²) in [4.78, 5) is 28.5. The van der Waals surface area contributed by atoms with Crippen LogP contribution in [0.1, 0.15) is 53.3 Å². The van der Waals surface area contributed by atoms with Crippen molar-refractivity contribution in [2.45, 2.75) is 32.6 Å². The Bertz CT molecular complexity index is 591. The maximum absolute atomic E-state index is 12.3. The van der Waals surface area contributed by atoms with Gasteiger partial charge in [0.25, 0.3) is 11.8 Å².